The number of halogens is 1. The molecule has 8 heteroatoms. The van der Waals surface area contributed by atoms with Gasteiger partial charge >= 0.3 is 0 Å². The number of nitrogens with two attached hydrogens (primary N) is 1. The van der Waals surface area contributed by atoms with Gasteiger partial charge in [0.25, 0.3) is 5.91 Å². The maximum absolute atomic E-state index is 13.9. The quantitative estimate of drug-likeness (QED) is 0.219. The third kappa shape index (κ3) is 4.13. The first-order valence-electron chi connectivity index (χ1n) is 14.1. The average molecular weight is 561 g/mol. The molecule has 4 aromatic carbocycles. The zero-order valence-corrected chi connectivity index (χ0v) is 22.4. The Labute approximate surface area is 243 Å². The molecule has 0 saturated carbocycles. The summed E-state index contributed by atoms with van der Waals surface area (Å²) in [6.45, 7) is 3.28. The topological polar surface area (TPSA) is 92.0 Å². The van der Waals surface area contributed by atoms with Crippen LogP contribution in [0.5, 0.6) is 0 Å². The Balaban J connectivity index is 0.00000288. The number of nitrogens with zero attached hydrogens (tertiary/aromatic N) is 3. The predicted octanol–water partition coefficient (Wildman–Crippen LogP) is 6.71. The number of carbonyl (C=O) groups excluding carboxylic acids is 1. The van der Waals surface area contributed by atoms with Crippen molar-refractivity contribution in [1.82, 2.24) is 19.4 Å². The molecule has 3 aliphatic heterocycles. The van der Waals surface area contributed by atoms with Crippen molar-refractivity contribution in [3.63, 3.8) is 0 Å². The fourth-order valence-corrected chi connectivity index (χ4v) is 6.94. The van der Waals surface area contributed by atoms with Crippen LogP contribution in [0.2, 0.25) is 0 Å². The number of primary amides is 1. The van der Waals surface area contributed by atoms with Crippen LogP contribution in [0.1, 0.15) is 30.6 Å². The summed E-state index contributed by atoms with van der Waals surface area (Å²) < 4.78 is 16.1. The molecule has 212 valence electrons. The largest absolute Gasteiger partial charge is 0.380 e. The van der Waals surface area contributed by atoms with Gasteiger partial charge in [-0.05, 0) is 80.4 Å². The molecule has 4 N–H and O–H groups in total. The number of nitrogens with one attached hydrogen (secondary N) is 2. The van der Waals surface area contributed by atoms with Crippen LogP contribution >= 0.6 is 0 Å². The van der Waals surface area contributed by atoms with Gasteiger partial charge in [0, 0.05) is 40.3 Å². The maximum atomic E-state index is 13.9. The van der Waals surface area contributed by atoms with Crippen molar-refractivity contribution in [3.05, 3.63) is 90.2 Å². The Morgan fingerprint density at radius 2 is 1.79 bits per heavy atom. The number of H-pyrrole nitrogens is 1. The molecule has 1 amide bonds. The highest BCUT2D eigenvalue weighted by Crippen LogP contribution is 2.39. The number of benzene rings is 4. The van der Waals surface area contributed by atoms with E-state index in [9.17, 15) is 9.18 Å². The highest BCUT2D eigenvalue weighted by Gasteiger charge is 2.34. The molecule has 0 aliphatic carbocycles. The SMILES string of the molecule is C.NC(=O)c1ccc(-n2c3ccccc3c3c(-c4nc5ccc(F)cc5[nH]4)cccc32)cc1N[C@@H]1CN2CCC1CC2. The van der Waals surface area contributed by atoms with E-state index in [1.807, 2.05) is 36.4 Å². The number of anilines is 1. The van der Waals surface area contributed by atoms with E-state index in [-0.39, 0.29) is 19.3 Å². The average Bonchev–Trinajstić information content (AvgIpc) is 3.56. The molecule has 0 radical (unpaired) electrons. The van der Waals surface area contributed by atoms with Gasteiger partial charge in [-0.2, -0.15) is 0 Å². The van der Waals surface area contributed by atoms with Crippen molar-refractivity contribution in [2.75, 3.05) is 25.0 Å². The summed E-state index contributed by atoms with van der Waals surface area (Å²) in [5.41, 5.74) is 12.4. The Morgan fingerprint density at radius 1 is 0.976 bits per heavy atom. The van der Waals surface area contributed by atoms with Gasteiger partial charge in [-0.25, -0.2) is 9.37 Å². The van der Waals surface area contributed by atoms with Gasteiger partial charge in [-0.3, -0.25) is 4.79 Å². The fourth-order valence-electron chi connectivity index (χ4n) is 6.94. The van der Waals surface area contributed by atoms with Crippen molar-refractivity contribution < 1.29 is 9.18 Å². The molecule has 6 aromatic rings. The zero-order chi connectivity index (χ0) is 27.7. The molecule has 3 saturated heterocycles. The van der Waals surface area contributed by atoms with Crippen LogP contribution in [0.25, 0.3) is 49.9 Å². The molecule has 7 nitrogen and oxygen atoms in total. The second-order valence-electron chi connectivity index (χ2n) is 11.3. The van der Waals surface area contributed by atoms with Crippen LogP contribution in [0.15, 0.2) is 78.9 Å². The highest BCUT2D eigenvalue weighted by atomic mass is 19.1. The van der Waals surface area contributed by atoms with Crippen LogP contribution in [-0.2, 0) is 0 Å². The summed E-state index contributed by atoms with van der Waals surface area (Å²) in [5, 5.41) is 5.84. The number of aromatic nitrogens is 3. The number of hydrogen-bond donors (Lipinski definition) is 3. The van der Waals surface area contributed by atoms with Crippen molar-refractivity contribution in [2.24, 2.45) is 11.7 Å². The maximum Gasteiger partial charge on any atom is 0.250 e. The summed E-state index contributed by atoms with van der Waals surface area (Å²) in [4.78, 5) is 23.1. The molecule has 5 heterocycles. The van der Waals surface area contributed by atoms with E-state index in [0.717, 1.165) is 58.4 Å². The van der Waals surface area contributed by atoms with Crippen LogP contribution in [0.4, 0.5) is 10.1 Å². The second-order valence-corrected chi connectivity index (χ2v) is 11.3. The number of imidazole rings is 1. The first kappa shape index (κ1) is 26.2. The first-order valence-corrected chi connectivity index (χ1v) is 14.1. The number of aromatic amines is 1. The van der Waals surface area contributed by atoms with E-state index in [1.54, 1.807) is 6.07 Å². The molecule has 0 unspecified atom stereocenters. The van der Waals surface area contributed by atoms with E-state index in [1.165, 1.54) is 25.0 Å². The molecule has 3 aliphatic rings. The van der Waals surface area contributed by atoms with Gasteiger partial charge in [0.05, 0.1) is 27.6 Å². The van der Waals surface area contributed by atoms with Gasteiger partial charge in [0.1, 0.15) is 11.6 Å². The molecule has 42 heavy (non-hydrogen) atoms. The Morgan fingerprint density at radius 3 is 2.57 bits per heavy atom. The lowest BCUT2D eigenvalue weighted by atomic mass is 9.84. The lowest BCUT2D eigenvalue weighted by Gasteiger charge is -2.45. The Hall–Kier alpha value is -4.69. The third-order valence-electron chi connectivity index (χ3n) is 8.92. The van der Waals surface area contributed by atoms with Gasteiger partial charge < -0.3 is 25.5 Å². The molecule has 0 spiro atoms. The van der Waals surface area contributed by atoms with Crippen molar-refractivity contribution in [2.45, 2.75) is 26.3 Å². The summed E-state index contributed by atoms with van der Waals surface area (Å²) in [5.74, 6) is 0.543. The van der Waals surface area contributed by atoms with E-state index < -0.39 is 5.91 Å². The molecule has 2 aromatic heterocycles. The normalized spacial score (nSPS) is 19.8. The summed E-state index contributed by atoms with van der Waals surface area (Å²) >= 11 is 0. The van der Waals surface area contributed by atoms with E-state index in [0.29, 0.717) is 28.3 Å². The number of carbonyl (C=O) groups is 1. The molecule has 9 rings (SSSR count). The van der Waals surface area contributed by atoms with Crippen LogP contribution in [-0.4, -0.2) is 51.0 Å². The highest BCUT2D eigenvalue weighted by molar-refractivity contribution is 6.15. The molecular formula is C34H33FN6O. The number of hydrogen-bond acceptors (Lipinski definition) is 4. The number of piperidine rings is 3. The smallest absolute Gasteiger partial charge is 0.250 e. The third-order valence-corrected chi connectivity index (χ3v) is 8.92. The zero-order valence-electron chi connectivity index (χ0n) is 22.4. The van der Waals surface area contributed by atoms with Crippen LogP contribution < -0.4 is 11.1 Å². The molecule has 1 atom stereocenters. The number of fused-ring (bicyclic) bond motifs is 7. The van der Waals surface area contributed by atoms with Gasteiger partial charge in [0.2, 0.25) is 0 Å². The lowest BCUT2D eigenvalue weighted by Crippen LogP contribution is -2.53. The summed E-state index contributed by atoms with van der Waals surface area (Å²) in [7, 11) is 0. The van der Waals surface area contributed by atoms with Crippen molar-refractivity contribution in [1.29, 1.82) is 0 Å². The number of amides is 1. The second kappa shape index (κ2) is 9.99. The number of para-hydroxylation sites is 1. The fraction of sp³-hybridized carbons (Fsp3) is 0.235. The lowest BCUT2D eigenvalue weighted by molar-refractivity contribution is 0.0969. The Kier molecular flexibility index (Phi) is 6.24. The van der Waals surface area contributed by atoms with Gasteiger partial charge in [-0.15, -0.1) is 0 Å². The standard InChI is InChI=1S/C33H29FN6O.CH4/c34-20-8-11-25-27(16-20)38-33(37-25)24-5-3-7-30-31(24)23-4-1-2-6-29(23)40(30)21-9-10-22(32(35)41)26(17-21)36-28-18-39-14-12-19(28)13-15-39;/h1-11,16-17,19,28,36H,12-15,18H2,(H2,35,41)(H,37,38);1H4/t28-;/m1./s1. The van der Waals surface area contributed by atoms with E-state index >= 15 is 0 Å². The van der Waals surface area contributed by atoms with Crippen LogP contribution in [0, 0.1) is 11.7 Å². The van der Waals surface area contributed by atoms with Gasteiger partial charge in [0.15, 0.2) is 0 Å². The van der Waals surface area contributed by atoms with Crippen LogP contribution in [0.3, 0.4) is 0 Å². The molecular weight excluding hydrogens is 527 g/mol. The Bertz CT molecular complexity index is 1980. The predicted molar refractivity (Wildman–Crippen MR) is 168 cm³/mol. The molecule has 3 fully saturated rings. The number of rotatable bonds is 5. The van der Waals surface area contributed by atoms with Crippen molar-refractivity contribution >= 4 is 44.4 Å². The van der Waals surface area contributed by atoms with E-state index in [2.05, 4.69) is 44.0 Å². The van der Waals surface area contributed by atoms with Gasteiger partial charge in [-0.1, -0.05) is 37.8 Å². The molecule has 2 bridgehead atoms. The minimum Gasteiger partial charge on any atom is -0.380 e. The monoisotopic (exact) mass is 560 g/mol. The van der Waals surface area contributed by atoms with E-state index in [4.69, 9.17) is 10.7 Å². The first-order chi connectivity index (χ1) is 20.0. The van der Waals surface area contributed by atoms with Crippen molar-refractivity contribution in [3.8, 4) is 17.1 Å². The summed E-state index contributed by atoms with van der Waals surface area (Å²) in [6.07, 6.45) is 2.35. The minimum atomic E-state index is -0.439. The minimum absolute atomic E-state index is 0. The summed E-state index contributed by atoms with van der Waals surface area (Å²) in [6, 6.07) is 25.2.